The second-order valence-electron chi connectivity index (χ2n) is 13.9. The Morgan fingerprint density at radius 1 is 0.833 bits per heavy atom. The molecule has 30 heavy (non-hydrogen) atoms. The van der Waals surface area contributed by atoms with Gasteiger partial charge in [0.1, 0.15) is 0 Å². The lowest BCUT2D eigenvalue weighted by Gasteiger charge is -2.70. The second kappa shape index (κ2) is 6.61. The fourth-order valence-corrected chi connectivity index (χ4v) is 10.5. The van der Waals surface area contributed by atoms with E-state index in [-0.39, 0.29) is 11.5 Å². The van der Waals surface area contributed by atoms with Crippen LogP contribution in [0.1, 0.15) is 106 Å². The predicted octanol–water partition coefficient (Wildman–Crippen LogP) is 7.63. The molecule has 0 radical (unpaired) electrons. The van der Waals surface area contributed by atoms with Crippen LogP contribution in [0.3, 0.4) is 0 Å². The SMILES string of the molecule is C[C@@H]1[C@@H]2C3=CC[C@@H]4[C@@]5(C)CC[C@H](O)C(C)(C)[C@@H]5CC[C@@]4(C)[C@]3(C)CC[C@H]2CC[C@H]1C. The Morgan fingerprint density at radius 3 is 2.30 bits per heavy atom. The van der Waals surface area contributed by atoms with Crippen LogP contribution in [0.25, 0.3) is 0 Å². The average molecular weight is 413 g/mol. The first-order valence-corrected chi connectivity index (χ1v) is 13.4. The van der Waals surface area contributed by atoms with Crippen molar-refractivity contribution in [3.63, 3.8) is 0 Å². The molecule has 170 valence electrons. The molecule has 0 amide bonds. The summed E-state index contributed by atoms with van der Waals surface area (Å²) < 4.78 is 0. The Morgan fingerprint density at radius 2 is 1.57 bits per heavy atom. The van der Waals surface area contributed by atoms with E-state index in [1.807, 2.05) is 5.57 Å². The van der Waals surface area contributed by atoms with E-state index < -0.39 is 0 Å². The van der Waals surface area contributed by atoms with E-state index in [1.54, 1.807) is 0 Å². The number of allylic oxidation sites excluding steroid dienone is 2. The van der Waals surface area contributed by atoms with Gasteiger partial charge >= 0.3 is 0 Å². The number of rotatable bonds is 0. The molecule has 0 aromatic heterocycles. The molecule has 5 aliphatic carbocycles. The van der Waals surface area contributed by atoms with Crippen molar-refractivity contribution in [2.45, 2.75) is 112 Å². The van der Waals surface area contributed by atoms with E-state index in [1.165, 1.54) is 51.4 Å². The summed E-state index contributed by atoms with van der Waals surface area (Å²) in [4.78, 5) is 0. The van der Waals surface area contributed by atoms with Gasteiger partial charge < -0.3 is 5.11 Å². The van der Waals surface area contributed by atoms with Gasteiger partial charge in [0.05, 0.1) is 6.10 Å². The van der Waals surface area contributed by atoms with Gasteiger partial charge in [0.25, 0.3) is 0 Å². The normalized spacial score (nSPS) is 57.3. The third-order valence-corrected chi connectivity index (χ3v) is 12.8. The molecule has 1 heteroatoms. The monoisotopic (exact) mass is 412 g/mol. The second-order valence-corrected chi connectivity index (χ2v) is 13.9. The van der Waals surface area contributed by atoms with Crippen LogP contribution in [-0.2, 0) is 0 Å². The average Bonchev–Trinajstić information content (AvgIpc) is 2.68. The van der Waals surface area contributed by atoms with Gasteiger partial charge in [-0.15, -0.1) is 0 Å². The van der Waals surface area contributed by atoms with E-state index in [0.29, 0.717) is 22.2 Å². The van der Waals surface area contributed by atoms with Crippen molar-refractivity contribution in [2.75, 3.05) is 0 Å². The third kappa shape index (κ3) is 2.51. The molecular formula is C29H48O. The van der Waals surface area contributed by atoms with Crippen LogP contribution in [0, 0.1) is 57.2 Å². The molecule has 1 N–H and O–H groups in total. The maximum atomic E-state index is 10.9. The lowest BCUT2D eigenvalue weighted by Crippen LogP contribution is -2.64. The van der Waals surface area contributed by atoms with Crippen LogP contribution in [-0.4, -0.2) is 11.2 Å². The highest BCUT2D eigenvalue weighted by Gasteiger charge is 2.66. The van der Waals surface area contributed by atoms with Gasteiger partial charge in [0.15, 0.2) is 0 Å². The largest absolute Gasteiger partial charge is 0.393 e. The van der Waals surface area contributed by atoms with Crippen LogP contribution in [0.4, 0.5) is 0 Å². The zero-order chi connectivity index (χ0) is 21.7. The zero-order valence-corrected chi connectivity index (χ0v) is 20.9. The van der Waals surface area contributed by atoms with E-state index in [4.69, 9.17) is 0 Å². The molecular weight excluding hydrogens is 364 g/mol. The van der Waals surface area contributed by atoms with Crippen molar-refractivity contribution in [3.8, 4) is 0 Å². The summed E-state index contributed by atoms with van der Waals surface area (Å²) in [7, 11) is 0. The minimum atomic E-state index is -0.120. The zero-order valence-electron chi connectivity index (χ0n) is 20.9. The van der Waals surface area contributed by atoms with Crippen molar-refractivity contribution in [2.24, 2.45) is 57.2 Å². The molecule has 0 aromatic carbocycles. The van der Waals surface area contributed by atoms with Gasteiger partial charge in [-0.2, -0.15) is 0 Å². The highest BCUT2D eigenvalue weighted by molar-refractivity contribution is 5.32. The van der Waals surface area contributed by atoms with Crippen LogP contribution in [0.5, 0.6) is 0 Å². The van der Waals surface area contributed by atoms with Gasteiger partial charge in [-0.05, 0) is 109 Å². The lowest BCUT2D eigenvalue weighted by atomic mass is 9.34. The first kappa shape index (κ1) is 21.5. The molecule has 0 spiro atoms. The molecule has 4 saturated carbocycles. The highest BCUT2D eigenvalue weighted by atomic mass is 16.3. The minimum absolute atomic E-state index is 0.0597. The molecule has 0 aromatic rings. The number of hydrogen-bond acceptors (Lipinski definition) is 1. The Kier molecular flexibility index (Phi) is 4.75. The number of fused-ring (bicyclic) bond motifs is 7. The smallest absolute Gasteiger partial charge is 0.0594 e. The van der Waals surface area contributed by atoms with Crippen LogP contribution >= 0.6 is 0 Å². The van der Waals surface area contributed by atoms with Gasteiger partial charge in [-0.3, -0.25) is 0 Å². The molecule has 0 bridgehead atoms. The van der Waals surface area contributed by atoms with E-state index in [2.05, 4.69) is 54.5 Å². The van der Waals surface area contributed by atoms with E-state index in [0.717, 1.165) is 36.0 Å². The Balaban J connectivity index is 1.57. The first-order valence-electron chi connectivity index (χ1n) is 13.4. The topological polar surface area (TPSA) is 20.2 Å². The van der Waals surface area contributed by atoms with E-state index >= 15 is 0 Å². The molecule has 0 unspecified atom stereocenters. The van der Waals surface area contributed by atoms with Crippen molar-refractivity contribution in [1.82, 2.24) is 0 Å². The van der Waals surface area contributed by atoms with Crippen molar-refractivity contribution in [3.05, 3.63) is 11.6 Å². The van der Waals surface area contributed by atoms with Crippen LogP contribution in [0.15, 0.2) is 11.6 Å². The summed E-state index contributed by atoms with van der Waals surface area (Å²) in [6, 6.07) is 0. The summed E-state index contributed by atoms with van der Waals surface area (Å²) >= 11 is 0. The number of aliphatic hydroxyl groups is 1. The maximum absolute atomic E-state index is 10.9. The van der Waals surface area contributed by atoms with Gasteiger partial charge in [-0.1, -0.05) is 66.5 Å². The molecule has 0 aliphatic heterocycles. The number of aliphatic hydroxyl groups excluding tert-OH is 1. The fraction of sp³-hybridized carbons (Fsp3) is 0.931. The van der Waals surface area contributed by atoms with E-state index in [9.17, 15) is 5.11 Å². The van der Waals surface area contributed by atoms with Crippen molar-refractivity contribution >= 4 is 0 Å². The molecule has 10 atom stereocenters. The quantitative estimate of drug-likeness (QED) is 0.405. The maximum Gasteiger partial charge on any atom is 0.0594 e. The lowest BCUT2D eigenvalue weighted by molar-refractivity contribution is -0.200. The van der Waals surface area contributed by atoms with Gasteiger partial charge in [-0.25, -0.2) is 0 Å². The highest BCUT2D eigenvalue weighted by Crippen LogP contribution is 2.74. The predicted molar refractivity (Wildman–Crippen MR) is 126 cm³/mol. The summed E-state index contributed by atoms with van der Waals surface area (Å²) in [6.07, 6.45) is 14.7. The fourth-order valence-electron chi connectivity index (χ4n) is 10.5. The summed E-state index contributed by atoms with van der Waals surface area (Å²) in [5.41, 5.74) is 3.14. The standard InChI is InChI=1S/C29H48O/c1-18-8-9-20-12-16-28(6)21(25(20)19(18)2)10-11-23-27(5)15-14-24(30)26(3,4)22(27)13-17-29(23,28)7/h10,18-20,22-25,30H,8-9,11-17H2,1-7H3/t18-,19+,20-,22+,23-,24+,25+,27+,28-,29-/m1/s1. The summed E-state index contributed by atoms with van der Waals surface area (Å²) in [5, 5.41) is 10.9. The summed E-state index contributed by atoms with van der Waals surface area (Å²) in [5.74, 6) is 4.97. The van der Waals surface area contributed by atoms with Crippen molar-refractivity contribution in [1.29, 1.82) is 0 Å². The molecule has 1 nitrogen and oxygen atoms in total. The van der Waals surface area contributed by atoms with Gasteiger partial charge in [0.2, 0.25) is 0 Å². The Hall–Kier alpha value is -0.300. The number of hydrogen-bond donors (Lipinski definition) is 1. The minimum Gasteiger partial charge on any atom is -0.393 e. The van der Waals surface area contributed by atoms with Gasteiger partial charge in [0, 0.05) is 0 Å². The summed E-state index contributed by atoms with van der Waals surface area (Å²) in [6.45, 7) is 17.9. The molecule has 5 rings (SSSR count). The molecule has 0 saturated heterocycles. The van der Waals surface area contributed by atoms with Crippen LogP contribution in [0.2, 0.25) is 0 Å². The Labute approximate surface area is 186 Å². The molecule has 0 heterocycles. The third-order valence-electron chi connectivity index (χ3n) is 12.8. The molecule has 4 fully saturated rings. The van der Waals surface area contributed by atoms with Crippen LogP contribution < -0.4 is 0 Å². The first-order chi connectivity index (χ1) is 14.0. The molecule has 5 aliphatic rings. The Bertz CT molecular complexity index is 733. The van der Waals surface area contributed by atoms with Crippen molar-refractivity contribution < 1.29 is 5.11 Å².